The molecule has 0 aliphatic rings. The summed E-state index contributed by atoms with van der Waals surface area (Å²) in [5.74, 6) is 0.703. The molecule has 0 saturated heterocycles. The van der Waals surface area contributed by atoms with Crippen LogP contribution >= 0.6 is 0 Å². The Morgan fingerprint density at radius 3 is 1.86 bits per heavy atom. The second-order valence-electron chi connectivity index (χ2n) is 10.9. The molecule has 0 N–H and O–H groups in total. The number of aromatic nitrogens is 1. The summed E-state index contributed by atoms with van der Waals surface area (Å²) in [6, 6.07) is 51.3. The van der Waals surface area contributed by atoms with Gasteiger partial charge in [0.2, 0.25) is 0 Å². The predicted octanol–water partition coefficient (Wildman–Crippen LogP) is 10.7. The molecule has 3 nitrogen and oxygen atoms in total. The minimum absolute atomic E-state index is 0.426. The molecule has 0 fully saturated rings. The number of fused-ring (bicyclic) bond motifs is 7. The Labute approximate surface area is 249 Å². The lowest BCUT2D eigenvalue weighted by molar-refractivity contribution is 0.307. The van der Waals surface area contributed by atoms with Gasteiger partial charge in [0.15, 0.2) is 0 Å². The third kappa shape index (κ3) is 4.25. The summed E-state index contributed by atoms with van der Waals surface area (Å²) in [5.41, 5.74) is 7.51. The van der Waals surface area contributed by atoms with Gasteiger partial charge < -0.3 is 9.30 Å². The van der Waals surface area contributed by atoms with Crippen LogP contribution in [0.4, 0.5) is 5.69 Å². The molecule has 0 unspecified atom stereocenters. The van der Waals surface area contributed by atoms with Crippen LogP contribution in [0, 0.1) is 0 Å². The van der Waals surface area contributed by atoms with Gasteiger partial charge in [-0.25, -0.2) is 0 Å². The van der Waals surface area contributed by atoms with Crippen LogP contribution < -0.4 is 4.74 Å². The van der Waals surface area contributed by atoms with Gasteiger partial charge in [0.25, 0.3) is 0 Å². The fourth-order valence-electron chi connectivity index (χ4n) is 6.35. The molecule has 8 rings (SSSR count). The monoisotopic (exact) mass is 552 g/mol. The summed E-state index contributed by atoms with van der Waals surface area (Å²) in [5, 5.41) is 7.48. The van der Waals surface area contributed by atoms with Gasteiger partial charge in [-0.2, -0.15) is 0 Å². The lowest BCUT2D eigenvalue weighted by Gasteiger charge is -2.14. The summed E-state index contributed by atoms with van der Waals surface area (Å²) >= 11 is 0. The second-order valence-corrected chi connectivity index (χ2v) is 10.9. The highest BCUT2D eigenvalue weighted by Crippen LogP contribution is 2.41. The first kappa shape index (κ1) is 25.1. The SMILES string of the molecule is C=Nc1ccc(-n2c3ccc4ccccc4c3c3c4ccccc4ccc32)cc1OCc1cccc(-c2ccccc2)c1. The van der Waals surface area contributed by atoms with Gasteiger partial charge in [0, 0.05) is 16.8 Å². The van der Waals surface area contributed by atoms with E-state index in [9.17, 15) is 0 Å². The summed E-state index contributed by atoms with van der Waals surface area (Å²) < 4.78 is 8.81. The van der Waals surface area contributed by atoms with E-state index in [4.69, 9.17) is 4.74 Å². The molecule has 3 heteroatoms. The fourth-order valence-corrected chi connectivity index (χ4v) is 6.35. The number of rotatable bonds is 6. The molecule has 1 aromatic heterocycles. The summed E-state index contributed by atoms with van der Waals surface area (Å²) in [6.45, 7) is 4.25. The number of ether oxygens (including phenoxy) is 1. The van der Waals surface area contributed by atoms with E-state index in [-0.39, 0.29) is 0 Å². The number of hydrogen-bond donors (Lipinski definition) is 0. The molecule has 0 saturated carbocycles. The van der Waals surface area contributed by atoms with Crippen molar-refractivity contribution in [2.75, 3.05) is 0 Å². The van der Waals surface area contributed by atoms with Crippen molar-refractivity contribution in [1.29, 1.82) is 0 Å². The summed E-state index contributed by atoms with van der Waals surface area (Å²) in [6.07, 6.45) is 0. The number of nitrogens with zero attached hydrogens (tertiary/aromatic N) is 2. The molecule has 0 bridgehead atoms. The molecule has 0 aliphatic carbocycles. The van der Waals surface area contributed by atoms with E-state index in [2.05, 4.69) is 150 Å². The van der Waals surface area contributed by atoms with Crippen molar-refractivity contribution in [2.45, 2.75) is 6.61 Å². The van der Waals surface area contributed by atoms with Crippen LogP contribution in [0.2, 0.25) is 0 Å². The first-order chi connectivity index (χ1) is 21.3. The van der Waals surface area contributed by atoms with Crippen LogP contribution in [0.1, 0.15) is 5.56 Å². The third-order valence-corrected chi connectivity index (χ3v) is 8.35. The lowest BCUT2D eigenvalue weighted by Crippen LogP contribution is -1.99. The molecule has 0 spiro atoms. The summed E-state index contributed by atoms with van der Waals surface area (Å²) in [7, 11) is 0. The van der Waals surface area contributed by atoms with Crippen LogP contribution in [0.25, 0.3) is 60.2 Å². The highest BCUT2D eigenvalue weighted by atomic mass is 16.5. The molecular formula is C40H28N2O. The minimum Gasteiger partial charge on any atom is -0.487 e. The van der Waals surface area contributed by atoms with Gasteiger partial charge >= 0.3 is 0 Å². The topological polar surface area (TPSA) is 26.5 Å². The largest absolute Gasteiger partial charge is 0.487 e. The maximum absolute atomic E-state index is 6.46. The molecule has 204 valence electrons. The van der Waals surface area contributed by atoms with Gasteiger partial charge in [-0.05, 0) is 75.3 Å². The molecule has 7 aromatic carbocycles. The number of aliphatic imine (C=N–C) groups is 1. The van der Waals surface area contributed by atoms with E-state index >= 15 is 0 Å². The number of hydrogen-bond acceptors (Lipinski definition) is 2. The molecule has 1 heterocycles. The average molecular weight is 553 g/mol. The van der Waals surface area contributed by atoms with Crippen LogP contribution in [-0.2, 0) is 6.61 Å². The Bertz CT molecular complexity index is 2220. The van der Waals surface area contributed by atoms with Crippen molar-refractivity contribution < 1.29 is 4.74 Å². The summed E-state index contributed by atoms with van der Waals surface area (Å²) in [4.78, 5) is 4.29. The maximum Gasteiger partial charge on any atom is 0.147 e. The van der Waals surface area contributed by atoms with E-state index in [0.717, 1.165) is 28.0 Å². The zero-order valence-electron chi connectivity index (χ0n) is 23.6. The zero-order valence-corrected chi connectivity index (χ0v) is 23.6. The first-order valence-electron chi connectivity index (χ1n) is 14.5. The minimum atomic E-state index is 0.426. The van der Waals surface area contributed by atoms with Crippen molar-refractivity contribution >= 4 is 55.8 Å². The van der Waals surface area contributed by atoms with E-state index in [1.165, 1.54) is 43.4 Å². The Hall–Kier alpha value is -5.67. The molecule has 0 radical (unpaired) electrons. The van der Waals surface area contributed by atoms with Gasteiger partial charge in [-0.3, -0.25) is 4.99 Å². The molecule has 0 amide bonds. The first-order valence-corrected chi connectivity index (χ1v) is 14.5. The van der Waals surface area contributed by atoms with Gasteiger partial charge in [0.05, 0.1) is 16.7 Å². The number of benzene rings is 7. The Balaban J connectivity index is 1.28. The smallest absolute Gasteiger partial charge is 0.147 e. The van der Waals surface area contributed by atoms with Crippen molar-refractivity contribution in [3.8, 4) is 22.6 Å². The molecule has 0 aliphatic heterocycles. The maximum atomic E-state index is 6.46. The second kappa shape index (κ2) is 10.3. The fraction of sp³-hybridized carbons (Fsp3) is 0.0250. The average Bonchev–Trinajstić information content (AvgIpc) is 3.43. The van der Waals surface area contributed by atoms with Gasteiger partial charge in [0.1, 0.15) is 18.0 Å². The van der Waals surface area contributed by atoms with Crippen molar-refractivity contribution in [3.63, 3.8) is 0 Å². The van der Waals surface area contributed by atoms with Gasteiger partial charge in [-0.15, -0.1) is 0 Å². The van der Waals surface area contributed by atoms with E-state index < -0.39 is 0 Å². The predicted molar refractivity (Wildman–Crippen MR) is 181 cm³/mol. The lowest BCUT2D eigenvalue weighted by atomic mass is 10.00. The Morgan fingerprint density at radius 1 is 0.558 bits per heavy atom. The van der Waals surface area contributed by atoms with Crippen LogP contribution in [0.15, 0.2) is 151 Å². The van der Waals surface area contributed by atoms with Crippen molar-refractivity contribution in [3.05, 3.63) is 151 Å². The quantitative estimate of drug-likeness (QED) is 0.188. The normalized spacial score (nSPS) is 11.4. The van der Waals surface area contributed by atoms with E-state index in [1.54, 1.807) is 0 Å². The molecular weight excluding hydrogens is 524 g/mol. The Kier molecular flexibility index (Phi) is 6.01. The van der Waals surface area contributed by atoms with Crippen LogP contribution in [-0.4, -0.2) is 11.3 Å². The zero-order chi connectivity index (χ0) is 28.8. The van der Waals surface area contributed by atoms with Gasteiger partial charge in [-0.1, -0.05) is 109 Å². The van der Waals surface area contributed by atoms with Crippen molar-refractivity contribution in [1.82, 2.24) is 4.57 Å². The standard InChI is InChI=1S/C40H28N2O/c1-41-35-21-20-32(25-38(35)43-26-27-10-9-15-31(24-27)28-11-3-2-4-12-28)42-36-22-18-29-13-5-7-16-33(29)39(36)40-34-17-8-6-14-30(34)19-23-37(40)42/h2-25H,1,26H2. The van der Waals surface area contributed by atoms with E-state index in [1.807, 2.05) is 12.1 Å². The van der Waals surface area contributed by atoms with Crippen LogP contribution in [0.3, 0.4) is 0 Å². The highest BCUT2D eigenvalue weighted by molar-refractivity contribution is 6.28. The third-order valence-electron chi connectivity index (χ3n) is 8.35. The van der Waals surface area contributed by atoms with E-state index in [0.29, 0.717) is 12.4 Å². The molecule has 43 heavy (non-hydrogen) atoms. The highest BCUT2D eigenvalue weighted by Gasteiger charge is 2.18. The molecule has 8 aromatic rings. The van der Waals surface area contributed by atoms with Crippen LogP contribution in [0.5, 0.6) is 5.75 Å². The Morgan fingerprint density at radius 2 is 1.19 bits per heavy atom. The molecule has 0 atom stereocenters. The van der Waals surface area contributed by atoms with Crippen molar-refractivity contribution in [2.24, 2.45) is 4.99 Å².